The summed E-state index contributed by atoms with van der Waals surface area (Å²) in [6.45, 7) is -0.645. The molecule has 2 N–H and O–H groups in total. The third-order valence-corrected chi connectivity index (χ3v) is 4.79. The number of nitrogens with zero attached hydrogens (tertiary/aromatic N) is 1. The minimum atomic E-state index is -4.74. The first kappa shape index (κ1) is 24.6. The number of rotatable bonds is 6. The smallest absolute Gasteiger partial charge is 0.416 e. The van der Waals surface area contributed by atoms with E-state index in [4.69, 9.17) is 9.47 Å². The molecule has 0 atom stereocenters. The van der Waals surface area contributed by atoms with E-state index in [0.717, 1.165) is 31.3 Å². The largest absolute Gasteiger partial charge is 0.466 e. The molecule has 9 nitrogen and oxygen atoms in total. The molecule has 180 valence electrons. The quantitative estimate of drug-likeness (QED) is 0.481. The molecule has 0 fully saturated rings. The van der Waals surface area contributed by atoms with Crippen LogP contribution in [0.2, 0.25) is 0 Å². The Hall–Kier alpha value is -4.06. The van der Waals surface area contributed by atoms with Crippen LogP contribution in [0.25, 0.3) is 0 Å². The summed E-state index contributed by atoms with van der Waals surface area (Å²) in [7, 11) is 2.16. The molecule has 0 spiro atoms. The summed E-state index contributed by atoms with van der Waals surface area (Å²) >= 11 is 0. The molecule has 0 unspecified atom stereocenters. The van der Waals surface area contributed by atoms with Gasteiger partial charge in [0.1, 0.15) is 12.4 Å². The van der Waals surface area contributed by atoms with Crippen LogP contribution in [-0.4, -0.2) is 45.4 Å². The summed E-state index contributed by atoms with van der Waals surface area (Å²) in [5, 5.41) is 0. The van der Waals surface area contributed by atoms with Gasteiger partial charge in [-0.25, -0.2) is 9.59 Å². The fraction of sp³-hybridized carbons (Fsp3) is 0.227. The van der Waals surface area contributed by atoms with Crippen LogP contribution in [0.3, 0.4) is 0 Å². The van der Waals surface area contributed by atoms with Crippen LogP contribution >= 0.6 is 0 Å². The van der Waals surface area contributed by atoms with Gasteiger partial charge in [0.25, 0.3) is 5.91 Å². The number of esters is 2. The number of para-hydroxylation sites is 1. The Morgan fingerprint density at radius 3 is 2.29 bits per heavy atom. The van der Waals surface area contributed by atoms with Gasteiger partial charge >= 0.3 is 18.1 Å². The molecule has 0 saturated heterocycles. The molecule has 2 aromatic rings. The van der Waals surface area contributed by atoms with Crippen molar-refractivity contribution in [1.29, 1.82) is 0 Å². The molecular formula is C22H20F3N3O6. The number of halogens is 3. The molecule has 2 aromatic carbocycles. The second-order valence-corrected chi connectivity index (χ2v) is 6.89. The van der Waals surface area contributed by atoms with Crippen molar-refractivity contribution in [3.05, 3.63) is 70.9 Å². The second kappa shape index (κ2) is 10.3. The van der Waals surface area contributed by atoms with Crippen molar-refractivity contribution in [2.24, 2.45) is 0 Å². The lowest BCUT2D eigenvalue weighted by atomic mass is 10.0. The molecule has 1 heterocycles. The molecule has 0 saturated carbocycles. The van der Waals surface area contributed by atoms with Gasteiger partial charge in [-0.1, -0.05) is 18.2 Å². The number of alkyl halides is 3. The number of nitrogens with one attached hydrogen (secondary N) is 2. The molecule has 3 rings (SSSR count). The monoisotopic (exact) mass is 479 g/mol. The van der Waals surface area contributed by atoms with E-state index in [1.54, 1.807) is 30.3 Å². The van der Waals surface area contributed by atoms with Crippen molar-refractivity contribution in [3.63, 3.8) is 0 Å². The lowest BCUT2D eigenvalue weighted by Crippen LogP contribution is -2.40. The third kappa shape index (κ3) is 5.29. The summed E-state index contributed by atoms with van der Waals surface area (Å²) in [5.74, 6) is -2.79. The average Bonchev–Trinajstić information content (AvgIpc) is 2.85. The van der Waals surface area contributed by atoms with Crippen molar-refractivity contribution >= 4 is 29.2 Å². The first-order chi connectivity index (χ1) is 16.2. The molecule has 0 aromatic heterocycles. The Morgan fingerprint density at radius 1 is 1.00 bits per heavy atom. The number of carbonyl (C=O) groups excluding carboxylic acids is 3. The average molecular weight is 479 g/mol. The highest BCUT2D eigenvalue weighted by Gasteiger charge is 2.36. The summed E-state index contributed by atoms with van der Waals surface area (Å²) in [5.41, 5.74) is 3.24. The van der Waals surface area contributed by atoms with Crippen molar-refractivity contribution in [3.8, 4) is 0 Å². The predicted octanol–water partition coefficient (Wildman–Crippen LogP) is 2.86. The van der Waals surface area contributed by atoms with E-state index < -0.39 is 35.1 Å². The number of hydrogen-bond acceptors (Lipinski definition) is 8. The second-order valence-electron chi connectivity index (χ2n) is 6.89. The van der Waals surface area contributed by atoms with Crippen LogP contribution in [0.4, 0.5) is 24.5 Å². The molecule has 0 aliphatic carbocycles. The van der Waals surface area contributed by atoms with E-state index in [1.165, 1.54) is 0 Å². The summed E-state index contributed by atoms with van der Waals surface area (Å²) in [6, 6.07) is 10.8. The maximum atomic E-state index is 13.4. The molecule has 0 radical (unpaired) electrons. The fourth-order valence-electron chi connectivity index (χ4n) is 3.18. The molecule has 1 aliphatic rings. The van der Waals surface area contributed by atoms with Crippen molar-refractivity contribution in [1.82, 2.24) is 5.43 Å². The lowest BCUT2D eigenvalue weighted by molar-refractivity contribution is -0.140. The number of ether oxygens (including phenoxy) is 3. The Morgan fingerprint density at radius 2 is 1.68 bits per heavy atom. The van der Waals surface area contributed by atoms with Gasteiger partial charge in [-0.05, 0) is 30.3 Å². The number of benzene rings is 2. The van der Waals surface area contributed by atoms with Gasteiger partial charge in [-0.15, -0.1) is 0 Å². The van der Waals surface area contributed by atoms with Crippen LogP contribution < -0.4 is 15.8 Å². The van der Waals surface area contributed by atoms with Gasteiger partial charge in [-0.3, -0.25) is 15.6 Å². The first-order valence-electron chi connectivity index (χ1n) is 9.75. The van der Waals surface area contributed by atoms with E-state index in [1.807, 2.05) is 0 Å². The first-order valence-corrected chi connectivity index (χ1v) is 9.75. The fourth-order valence-corrected chi connectivity index (χ4v) is 3.18. The van der Waals surface area contributed by atoms with E-state index in [2.05, 4.69) is 15.6 Å². The predicted molar refractivity (Wildman–Crippen MR) is 113 cm³/mol. The topological polar surface area (TPSA) is 106 Å². The molecule has 34 heavy (non-hydrogen) atoms. The maximum absolute atomic E-state index is 13.4. The van der Waals surface area contributed by atoms with E-state index in [9.17, 15) is 27.6 Å². The van der Waals surface area contributed by atoms with Crippen LogP contribution in [0.1, 0.15) is 15.9 Å². The number of hydrogen-bond donors (Lipinski definition) is 2. The molecular weight excluding hydrogens is 459 g/mol. The van der Waals surface area contributed by atoms with Gasteiger partial charge in [-0.2, -0.15) is 13.2 Å². The van der Waals surface area contributed by atoms with Crippen LogP contribution in [0.5, 0.6) is 0 Å². The zero-order chi connectivity index (χ0) is 24.9. The maximum Gasteiger partial charge on any atom is 0.416 e. The number of anilines is 2. The highest BCUT2D eigenvalue weighted by atomic mass is 19.4. The molecule has 1 aliphatic heterocycles. The molecule has 12 heteroatoms. The number of methoxy groups -OCH3 is 2. The Balaban J connectivity index is 2.09. The summed E-state index contributed by atoms with van der Waals surface area (Å²) in [4.78, 5) is 38.8. The van der Waals surface area contributed by atoms with E-state index in [-0.39, 0.29) is 30.3 Å². The van der Waals surface area contributed by atoms with Crippen molar-refractivity contribution in [2.75, 3.05) is 37.9 Å². The number of amides is 1. The Labute approximate surface area is 192 Å². The highest BCUT2D eigenvalue weighted by molar-refractivity contribution is 6.06. The van der Waals surface area contributed by atoms with Gasteiger partial charge in [0.05, 0.1) is 48.9 Å². The van der Waals surface area contributed by atoms with Crippen molar-refractivity contribution in [2.45, 2.75) is 6.18 Å². The van der Waals surface area contributed by atoms with Gasteiger partial charge in [0, 0.05) is 0 Å². The van der Waals surface area contributed by atoms with Gasteiger partial charge < -0.3 is 19.1 Å². The van der Waals surface area contributed by atoms with Crippen LogP contribution in [-0.2, 0) is 30.0 Å². The Bertz CT molecular complexity index is 1120. The number of hydrazine groups is 1. The van der Waals surface area contributed by atoms with Crippen LogP contribution in [0.15, 0.2) is 59.8 Å². The molecule has 0 bridgehead atoms. The SMILES string of the molecule is COC(=O)C1=C(C(=O)OC)N(c2ccc(C(F)(F)F)cc2C(=O)NNc2ccccc2)COC1. The number of carbonyl (C=O) groups is 3. The zero-order valence-electron chi connectivity index (χ0n) is 18.1. The zero-order valence-corrected chi connectivity index (χ0v) is 18.1. The lowest BCUT2D eigenvalue weighted by Gasteiger charge is -2.32. The minimum absolute atomic E-state index is 0.123. The van der Waals surface area contributed by atoms with E-state index >= 15 is 0 Å². The van der Waals surface area contributed by atoms with Crippen molar-refractivity contribution < 1.29 is 41.8 Å². The van der Waals surface area contributed by atoms with Gasteiger partial charge in [0.15, 0.2) is 0 Å². The van der Waals surface area contributed by atoms with Crippen LogP contribution in [0, 0.1) is 0 Å². The Kier molecular flexibility index (Phi) is 7.41. The normalized spacial score (nSPS) is 13.9. The summed E-state index contributed by atoms with van der Waals surface area (Å²) in [6.07, 6.45) is -4.74. The minimum Gasteiger partial charge on any atom is -0.466 e. The highest BCUT2D eigenvalue weighted by Crippen LogP contribution is 2.35. The molecule has 1 amide bonds. The van der Waals surface area contributed by atoms with Gasteiger partial charge in [0.2, 0.25) is 0 Å². The standard InChI is InChI=1S/C22H20F3N3O6/c1-32-20(30)16-11-34-12-28(18(16)21(31)33-2)17-9-8-13(22(23,24)25)10-15(17)19(29)27-26-14-6-4-3-5-7-14/h3-10,26H,11-12H2,1-2H3,(H,27,29). The van der Waals surface area contributed by atoms with E-state index in [0.29, 0.717) is 11.8 Å². The third-order valence-electron chi connectivity index (χ3n) is 4.79. The summed E-state index contributed by atoms with van der Waals surface area (Å²) < 4.78 is 55.0.